The number of urea groups is 1. The third-order valence-electron chi connectivity index (χ3n) is 5.85. The summed E-state index contributed by atoms with van der Waals surface area (Å²) in [5.41, 5.74) is 4.58. The molecule has 1 fully saturated rings. The van der Waals surface area contributed by atoms with Gasteiger partial charge in [0.15, 0.2) is 0 Å². The summed E-state index contributed by atoms with van der Waals surface area (Å²) < 4.78 is 0. The molecule has 2 aromatic rings. The Morgan fingerprint density at radius 3 is 2.30 bits per heavy atom. The van der Waals surface area contributed by atoms with Crippen LogP contribution in [0.25, 0.3) is 0 Å². The molecule has 0 radical (unpaired) electrons. The zero-order valence-corrected chi connectivity index (χ0v) is 17.1. The van der Waals surface area contributed by atoms with Gasteiger partial charge in [-0.2, -0.15) is 0 Å². The summed E-state index contributed by atoms with van der Waals surface area (Å²) in [5.74, 6) is 0. The second-order valence-electron chi connectivity index (χ2n) is 8.91. The van der Waals surface area contributed by atoms with E-state index in [4.69, 9.17) is 0 Å². The van der Waals surface area contributed by atoms with Gasteiger partial charge in [0.25, 0.3) is 0 Å². The van der Waals surface area contributed by atoms with Crippen LogP contribution < -0.4 is 10.6 Å². The number of aryl methyl sites for hydroxylation is 1. The van der Waals surface area contributed by atoms with Gasteiger partial charge in [0.1, 0.15) is 0 Å². The molecule has 0 aromatic heterocycles. The van der Waals surface area contributed by atoms with Gasteiger partial charge >= 0.3 is 6.03 Å². The molecule has 3 nitrogen and oxygen atoms in total. The van der Waals surface area contributed by atoms with Crippen molar-refractivity contribution in [2.45, 2.75) is 64.2 Å². The van der Waals surface area contributed by atoms with Gasteiger partial charge < -0.3 is 10.6 Å². The first-order valence-corrected chi connectivity index (χ1v) is 10.0. The van der Waals surface area contributed by atoms with E-state index in [2.05, 4.69) is 73.9 Å². The third-order valence-corrected chi connectivity index (χ3v) is 5.85. The summed E-state index contributed by atoms with van der Waals surface area (Å²) in [7, 11) is 0. The molecule has 0 unspecified atom stereocenters. The van der Waals surface area contributed by atoms with Crippen LogP contribution >= 0.6 is 0 Å². The lowest BCUT2D eigenvalue weighted by atomic mass is 9.79. The molecule has 2 aromatic carbocycles. The van der Waals surface area contributed by atoms with Gasteiger partial charge in [-0.15, -0.1) is 0 Å². The Morgan fingerprint density at radius 1 is 1.00 bits per heavy atom. The van der Waals surface area contributed by atoms with Crippen molar-refractivity contribution in [3.63, 3.8) is 0 Å². The van der Waals surface area contributed by atoms with Crippen LogP contribution in [0.5, 0.6) is 0 Å². The molecule has 2 N–H and O–H groups in total. The number of hydrogen-bond donors (Lipinski definition) is 2. The largest absolute Gasteiger partial charge is 0.337 e. The van der Waals surface area contributed by atoms with Gasteiger partial charge in [0.05, 0.1) is 0 Å². The minimum Gasteiger partial charge on any atom is -0.337 e. The lowest BCUT2D eigenvalue weighted by Crippen LogP contribution is -2.41. The highest BCUT2D eigenvalue weighted by molar-refractivity contribution is 5.91. The number of amides is 2. The molecule has 1 saturated carbocycles. The first-order valence-electron chi connectivity index (χ1n) is 10.0. The molecule has 3 rings (SSSR count). The lowest BCUT2D eigenvalue weighted by Gasteiger charge is -2.30. The molecule has 3 heteroatoms. The summed E-state index contributed by atoms with van der Waals surface area (Å²) in [6.45, 7) is 9.25. The van der Waals surface area contributed by atoms with Crippen molar-refractivity contribution < 1.29 is 4.79 Å². The summed E-state index contributed by atoms with van der Waals surface area (Å²) in [5, 5.41) is 6.30. The van der Waals surface area contributed by atoms with Gasteiger partial charge in [-0.25, -0.2) is 4.79 Å². The maximum Gasteiger partial charge on any atom is 0.319 e. The van der Waals surface area contributed by atoms with Crippen LogP contribution in [-0.4, -0.2) is 12.6 Å². The van der Waals surface area contributed by atoms with Crippen LogP contribution in [0.15, 0.2) is 48.5 Å². The SMILES string of the molecule is Cc1cccc(C(C)(C)C)c1NC(=O)NCC1(c2ccccc2)CCCC1. The van der Waals surface area contributed by atoms with Crippen molar-refractivity contribution in [2.75, 3.05) is 11.9 Å². The standard InChI is InChI=1S/C24H32N2O/c1-18-11-10-14-20(23(2,3)4)21(18)26-22(27)25-17-24(15-8-9-16-24)19-12-6-5-7-13-19/h5-7,10-14H,8-9,15-17H2,1-4H3,(H2,25,26,27). The highest BCUT2D eigenvalue weighted by Crippen LogP contribution is 2.40. The number of rotatable bonds is 4. The number of benzene rings is 2. The predicted molar refractivity (Wildman–Crippen MR) is 113 cm³/mol. The van der Waals surface area contributed by atoms with E-state index in [0.717, 1.165) is 29.7 Å². The molecule has 0 heterocycles. The maximum atomic E-state index is 12.8. The van der Waals surface area contributed by atoms with E-state index in [9.17, 15) is 4.79 Å². The second kappa shape index (κ2) is 7.75. The molecule has 1 aliphatic carbocycles. The van der Waals surface area contributed by atoms with E-state index in [0.29, 0.717) is 6.54 Å². The number of nitrogens with one attached hydrogen (secondary N) is 2. The van der Waals surface area contributed by atoms with Crippen LogP contribution in [0.4, 0.5) is 10.5 Å². The average Bonchev–Trinajstić information content (AvgIpc) is 3.12. The highest BCUT2D eigenvalue weighted by atomic mass is 16.2. The Labute approximate surface area is 163 Å². The molecular formula is C24H32N2O. The number of carbonyl (C=O) groups is 1. The summed E-state index contributed by atoms with van der Waals surface area (Å²) in [6.07, 6.45) is 4.72. The molecule has 2 amide bonds. The lowest BCUT2D eigenvalue weighted by molar-refractivity contribution is 0.248. The van der Waals surface area contributed by atoms with Crippen molar-refractivity contribution in [2.24, 2.45) is 0 Å². The van der Waals surface area contributed by atoms with Crippen LogP contribution in [0.2, 0.25) is 0 Å². The van der Waals surface area contributed by atoms with Crippen molar-refractivity contribution >= 4 is 11.7 Å². The Kier molecular flexibility index (Phi) is 5.59. The van der Waals surface area contributed by atoms with E-state index in [-0.39, 0.29) is 16.9 Å². The molecule has 0 aliphatic heterocycles. The van der Waals surface area contributed by atoms with Gasteiger partial charge in [-0.05, 0) is 41.9 Å². The molecular weight excluding hydrogens is 332 g/mol. The minimum atomic E-state index is -0.114. The van der Waals surface area contributed by atoms with Gasteiger partial charge in [0, 0.05) is 17.6 Å². The van der Waals surface area contributed by atoms with Crippen molar-refractivity contribution in [1.82, 2.24) is 5.32 Å². The monoisotopic (exact) mass is 364 g/mol. The van der Waals surface area contributed by atoms with Crippen LogP contribution in [0.3, 0.4) is 0 Å². The van der Waals surface area contributed by atoms with Crippen molar-refractivity contribution in [3.8, 4) is 0 Å². The Hall–Kier alpha value is -2.29. The summed E-state index contributed by atoms with van der Waals surface area (Å²) in [6, 6.07) is 16.7. The Balaban J connectivity index is 1.74. The minimum absolute atomic E-state index is 0.0225. The molecule has 27 heavy (non-hydrogen) atoms. The van der Waals surface area contributed by atoms with Crippen molar-refractivity contribution in [1.29, 1.82) is 0 Å². The quantitative estimate of drug-likeness (QED) is 0.694. The Bertz CT molecular complexity index is 784. The van der Waals surface area contributed by atoms with Gasteiger partial charge in [-0.3, -0.25) is 0 Å². The fourth-order valence-corrected chi connectivity index (χ4v) is 4.28. The smallest absolute Gasteiger partial charge is 0.319 e. The molecule has 144 valence electrons. The van der Waals surface area contributed by atoms with E-state index < -0.39 is 0 Å². The van der Waals surface area contributed by atoms with Gasteiger partial charge in [-0.1, -0.05) is 82.1 Å². The van der Waals surface area contributed by atoms with E-state index >= 15 is 0 Å². The van der Waals surface area contributed by atoms with Gasteiger partial charge in [0.2, 0.25) is 0 Å². The van der Waals surface area contributed by atoms with E-state index in [1.165, 1.54) is 18.4 Å². The zero-order chi connectivity index (χ0) is 19.5. The maximum absolute atomic E-state index is 12.8. The van der Waals surface area contributed by atoms with Crippen molar-refractivity contribution in [3.05, 3.63) is 65.2 Å². The fourth-order valence-electron chi connectivity index (χ4n) is 4.28. The zero-order valence-electron chi connectivity index (χ0n) is 17.1. The predicted octanol–water partition coefficient (Wildman–Crippen LogP) is 5.93. The molecule has 1 aliphatic rings. The normalized spacial score (nSPS) is 16.1. The van der Waals surface area contributed by atoms with Crippen LogP contribution in [0, 0.1) is 6.92 Å². The second-order valence-corrected chi connectivity index (χ2v) is 8.91. The molecule has 0 saturated heterocycles. The van der Waals surface area contributed by atoms with Crippen LogP contribution in [0.1, 0.15) is 63.1 Å². The first kappa shape index (κ1) is 19.5. The van der Waals surface area contributed by atoms with E-state index in [1.807, 2.05) is 13.0 Å². The number of para-hydroxylation sites is 1. The molecule has 0 atom stereocenters. The third kappa shape index (κ3) is 4.35. The van der Waals surface area contributed by atoms with Crippen LogP contribution in [-0.2, 0) is 10.8 Å². The molecule has 0 spiro atoms. The average molecular weight is 365 g/mol. The summed E-state index contributed by atoms with van der Waals surface area (Å²) >= 11 is 0. The number of anilines is 1. The summed E-state index contributed by atoms with van der Waals surface area (Å²) in [4.78, 5) is 12.8. The van der Waals surface area contributed by atoms with E-state index in [1.54, 1.807) is 0 Å². The molecule has 0 bridgehead atoms. The number of carbonyl (C=O) groups excluding carboxylic acids is 1. The Morgan fingerprint density at radius 2 is 1.67 bits per heavy atom. The topological polar surface area (TPSA) is 41.1 Å². The fraction of sp³-hybridized carbons (Fsp3) is 0.458. The highest BCUT2D eigenvalue weighted by Gasteiger charge is 2.35. The first-order chi connectivity index (χ1) is 12.8. The number of hydrogen-bond acceptors (Lipinski definition) is 1.